The van der Waals surface area contributed by atoms with E-state index in [1.54, 1.807) is 24.4 Å². The number of aromatic nitrogens is 1. The number of alkyl halides is 3. The molecule has 0 radical (unpaired) electrons. The van der Waals surface area contributed by atoms with Gasteiger partial charge in [-0.15, -0.1) is 0 Å². The molecule has 208 valence electrons. The lowest BCUT2D eigenvalue weighted by atomic mass is 9.83. The van der Waals surface area contributed by atoms with Gasteiger partial charge < -0.3 is 20.7 Å². The van der Waals surface area contributed by atoms with Crippen molar-refractivity contribution >= 4 is 23.3 Å². The first-order valence-electron chi connectivity index (χ1n) is 13.5. The maximum absolute atomic E-state index is 13.8. The van der Waals surface area contributed by atoms with Crippen molar-refractivity contribution in [3.63, 3.8) is 0 Å². The molecule has 7 nitrogen and oxygen atoms in total. The number of hydrogen-bond acceptors (Lipinski definition) is 5. The lowest BCUT2D eigenvalue weighted by Crippen LogP contribution is -2.29. The summed E-state index contributed by atoms with van der Waals surface area (Å²) in [7, 11) is 0. The summed E-state index contributed by atoms with van der Waals surface area (Å²) in [5.41, 5.74) is 2.44. The van der Waals surface area contributed by atoms with Crippen LogP contribution in [0.1, 0.15) is 47.1 Å². The number of ether oxygens (including phenoxy) is 1. The number of pyridine rings is 1. The van der Waals surface area contributed by atoms with Crippen LogP contribution in [0.25, 0.3) is 0 Å². The van der Waals surface area contributed by atoms with Crippen LogP contribution in [0.15, 0.2) is 48.7 Å². The maximum atomic E-state index is 13.8. The van der Waals surface area contributed by atoms with Crippen molar-refractivity contribution in [1.29, 1.82) is 0 Å². The fourth-order valence-corrected chi connectivity index (χ4v) is 5.46. The van der Waals surface area contributed by atoms with E-state index < -0.39 is 11.7 Å². The van der Waals surface area contributed by atoms with Gasteiger partial charge in [0.1, 0.15) is 17.3 Å². The van der Waals surface area contributed by atoms with Gasteiger partial charge in [-0.2, -0.15) is 13.2 Å². The lowest BCUT2D eigenvalue weighted by Gasteiger charge is -2.26. The standard InChI is InChI=1S/C30H29F3N4O3/c31-30(32,33)26-14-22(12-21-16-34-9-8-25(21)26)36-29(39)19-4-1-17-5-6-23(13-20(17)11-19)40-24-7-10-35-27(15-24)37-28(38)18-2-3-18/h5-7,10,12-15,18-19,34H,1-4,8-9,11,16H2,(H,36,39)(H,35,37,38). The van der Waals surface area contributed by atoms with Crippen molar-refractivity contribution < 1.29 is 27.5 Å². The summed E-state index contributed by atoms with van der Waals surface area (Å²) in [6.07, 6.45) is 0.922. The molecule has 10 heteroatoms. The summed E-state index contributed by atoms with van der Waals surface area (Å²) in [6.45, 7) is 0.835. The molecule has 1 saturated carbocycles. The van der Waals surface area contributed by atoms with Crippen molar-refractivity contribution in [2.75, 3.05) is 17.2 Å². The van der Waals surface area contributed by atoms with E-state index in [2.05, 4.69) is 20.9 Å². The molecule has 1 unspecified atom stereocenters. The summed E-state index contributed by atoms with van der Waals surface area (Å²) < 4.78 is 47.3. The first-order chi connectivity index (χ1) is 19.2. The van der Waals surface area contributed by atoms with Crippen molar-refractivity contribution in [3.8, 4) is 11.5 Å². The Hall–Kier alpha value is -3.92. The Morgan fingerprint density at radius 1 is 0.875 bits per heavy atom. The van der Waals surface area contributed by atoms with Crippen LogP contribution in [0.5, 0.6) is 11.5 Å². The van der Waals surface area contributed by atoms with E-state index in [9.17, 15) is 22.8 Å². The minimum absolute atomic E-state index is 0.0376. The van der Waals surface area contributed by atoms with Crippen LogP contribution in [0.3, 0.4) is 0 Å². The number of benzene rings is 2. The first-order valence-corrected chi connectivity index (χ1v) is 13.5. The number of carbonyl (C=O) groups is 2. The molecular weight excluding hydrogens is 521 g/mol. The normalized spacial score (nSPS) is 18.3. The molecule has 2 aliphatic carbocycles. The molecule has 0 saturated heterocycles. The van der Waals surface area contributed by atoms with Gasteiger partial charge in [-0.1, -0.05) is 6.07 Å². The largest absolute Gasteiger partial charge is 0.457 e. The van der Waals surface area contributed by atoms with Gasteiger partial charge in [0, 0.05) is 36.3 Å². The van der Waals surface area contributed by atoms with Crippen LogP contribution in [-0.4, -0.2) is 23.3 Å². The van der Waals surface area contributed by atoms with Crippen LogP contribution in [0, 0.1) is 11.8 Å². The molecule has 0 bridgehead atoms. The van der Waals surface area contributed by atoms with Gasteiger partial charge in [0.15, 0.2) is 0 Å². The van der Waals surface area contributed by atoms with Crippen molar-refractivity contribution in [2.45, 2.75) is 51.2 Å². The first kappa shape index (κ1) is 26.3. The smallest absolute Gasteiger partial charge is 0.416 e. The van der Waals surface area contributed by atoms with Crippen LogP contribution in [-0.2, 0) is 41.6 Å². The van der Waals surface area contributed by atoms with Crippen LogP contribution in [0.4, 0.5) is 24.7 Å². The highest BCUT2D eigenvalue weighted by atomic mass is 19.4. The van der Waals surface area contributed by atoms with Crippen LogP contribution < -0.4 is 20.7 Å². The average molecular weight is 551 g/mol. The Balaban J connectivity index is 1.14. The minimum atomic E-state index is -4.49. The number of anilines is 2. The second kappa shape index (κ2) is 10.6. The highest BCUT2D eigenvalue weighted by molar-refractivity contribution is 5.94. The molecule has 1 fully saturated rings. The number of carbonyl (C=O) groups excluding carboxylic acids is 2. The maximum Gasteiger partial charge on any atom is 0.416 e. The molecule has 3 aromatic rings. The third-order valence-corrected chi connectivity index (χ3v) is 7.73. The molecule has 2 aromatic carbocycles. The summed E-state index contributed by atoms with van der Waals surface area (Å²) >= 11 is 0. The molecule has 1 atom stereocenters. The van der Waals surface area contributed by atoms with Gasteiger partial charge in [-0.3, -0.25) is 9.59 Å². The zero-order valence-corrected chi connectivity index (χ0v) is 21.7. The molecule has 1 aliphatic heterocycles. The van der Waals surface area contributed by atoms with E-state index in [0.29, 0.717) is 67.2 Å². The predicted molar refractivity (Wildman–Crippen MR) is 143 cm³/mol. The number of rotatable bonds is 6. The lowest BCUT2D eigenvalue weighted by molar-refractivity contribution is -0.138. The Morgan fingerprint density at radius 3 is 2.48 bits per heavy atom. The Labute approximate surface area is 229 Å². The number of aryl methyl sites for hydroxylation is 1. The van der Waals surface area contributed by atoms with E-state index in [4.69, 9.17) is 4.74 Å². The van der Waals surface area contributed by atoms with E-state index in [0.717, 1.165) is 30.0 Å². The summed E-state index contributed by atoms with van der Waals surface area (Å²) in [5, 5.41) is 8.66. The monoisotopic (exact) mass is 550 g/mol. The number of fused-ring (bicyclic) bond motifs is 2. The molecule has 2 heterocycles. The third-order valence-electron chi connectivity index (χ3n) is 7.73. The van der Waals surface area contributed by atoms with E-state index in [1.807, 2.05) is 18.2 Å². The van der Waals surface area contributed by atoms with Gasteiger partial charge in [0.2, 0.25) is 11.8 Å². The average Bonchev–Trinajstić information content (AvgIpc) is 3.78. The highest BCUT2D eigenvalue weighted by Gasteiger charge is 2.36. The second-order valence-electron chi connectivity index (χ2n) is 10.7. The molecule has 3 aliphatic rings. The number of hydrogen-bond donors (Lipinski definition) is 3. The van der Waals surface area contributed by atoms with Crippen molar-refractivity contribution in [1.82, 2.24) is 10.3 Å². The fourth-order valence-electron chi connectivity index (χ4n) is 5.46. The number of nitrogens with zero attached hydrogens (tertiary/aromatic N) is 1. The van der Waals surface area contributed by atoms with Gasteiger partial charge in [0.05, 0.1) is 5.56 Å². The zero-order chi connectivity index (χ0) is 27.9. The molecular formula is C30H29F3N4O3. The van der Waals surface area contributed by atoms with Gasteiger partial charge in [-0.25, -0.2) is 4.98 Å². The predicted octanol–water partition coefficient (Wildman–Crippen LogP) is 5.63. The van der Waals surface area contributed by atoms with E-state index in [1.165, 1.54) is 0 Å². The second-order valence-corrected chi connectivity index (χ2v) is 10.7. The molecule has 3 N–H and O–H groups in total. The fraction of sp³-hybridized carbons (Fsp3) is 0.367. The summed E-state index contributed by atoms with van der Waals surface area (Å²) in [6, 6.07) is 11.8. The molecule has 0 spiro atoms. The topological polar surface area (TPSA) is 92.3 Å². The quantitative estimate of drug-likeness (QED) is 0.370. The third kappa shape index (κ3) is 5.82. The SMILES string of the molecule is O=C(Nc1cc2c(c(C(F)(F)F)c1)CCNC2)C1CCc2ccc(Oc3ccnc(NC(=O)C4CC4)c3)cc2C1. The van der Waals surface area contributed by atoms with Crippen LogP contribution in [0.2, 0.25) is 0 Å². The molecule has 1 aromatic heterocycles. The number of amides is 2. The Kier molecular flexibility index (Phi) is 6.95. The molecule has 6 rings (SSSR count). The Morgan fingerprint density at radius 2 is 1.68 bits per heavy atom. The zero-order valence-electron chi connectivity index (χ0n) is 21.7. The molecule has 2 amide bonds. The number of nitrogens with one attached hydrogen (secondary N) is 3. The summed E-state index contributed by atoms with van der Waals surface area (Å²) in [4.78, 5) is 29.4. The highest BCUT2D eigenvalue weighted by Crippen LogP contribution is 2.38. The van der Waals surface area contributed by atoms with E-state index >= 15 is 0 Å². The van der Waals surface area contributed by atoms with Gasteiger partial charge >= 0.3 is 6.18 Å². The van der Waals surface area contributed by atoms with Gasteiger partial charge in [0.25, 0.3) is 0 Å². The summed E-state index contributed by atoms with van der Waals surface area (Å²) in [5.74, 6) is 0.889. The minimum Gasteiger partial charge on any atom is -0.457 e. The Bertz CT molecular complexity index is 1470. The van der Waals surface area contributed by atoms with Gasteiger partial charge in [-0.05, 0) is 97.7 Å². The van der Waals surface area contributed by atoms with E-state index in [-0.39, 0.29) is 29.3 Å². The van der Waals surface area contributed by atoms with Crippen molar-refractivity contribution in [2.24, 2.45) is 11.8 Å². The van der Waals surface area contributed by atoms with Crippen molar-refractivity contribution in [3.05, 3.63) is 76.5 Å². The number of halogens is 3. The molecule has 40 heavy (non-hydrogen) atoms. The van der Waals surface area contributed by atoms with Crippen LogP contribution >= 0.6 is 0 Å².